The second kappa shape index (κ2) is 6.71. The van der Waals surface area contributed by atoms with E-state index in [9.17, 15) is 9.18 Å². The number of halogens is 2. The van der Waals surface area contributed by atoms with Crippen molar-refractivity contribution in [2.75, 3.05) is 13.7 Å². The van der Waals surface area contributed by atoms with Gasteiger partial charge in [0.05, 0.1) is 12.7 Å². The van der Waals surface area contributed by atoms with Crippen LogP contribution in [-0.2, 0) is 4.74 Å². The van der Waals surface area contributed by atoms with E-state index in [1.54, 1.807) is 12.1 Å². The first-order valence-electron chi connectivity index (χ1n) is 5.76. The molecule has 0 saturated carbocycles. The third-order valence-corrected chi connectivity index (χ3v) is 3.13. The number of methoxy groups -OCH3 is 1. The summed E-state index contributed by atoms with van der Waals surface area (Å²) in [4.78, 5) is 11.4. The maximum atomic E-state index is 13.2. The van der Waals surface area contributed by atoms with Gasteiger partial charge in [0.1, 0.15) is 0 Å². The normalized spacial score (nSPS) is 23.0. The molecule has 0 aliphatic carbocycles. The molecular weight excluding hydrogens is 257 g/mol. The number of hydrogen-bond donors (Lipinski definition) is 1. The van der Waals surface area contributed by atoms with Crippen LogP contribution in [0.4, 0.5) is 4.39 Å². The third-order valence-electron chi connectivity index (χ3n) is 3.13. The lowest BCUT2D eigenvalue weighted by Gasteiger charge is -2.26. The monoisotopic (exact) mass is 273 g/mol. The Morgan fingerprint density at radius 2 is 2.28 bits per heavy atom. The minimum Gasteiger partial charge on any atom is -0.465 e. The fraction of sp³-hybridized carbons (Fsp3) is 0.462. The Bertz CT molecular complexity index is 414. The Morgan fingerprint density at radius 1 is 1.50 bits per heavy atom. The summed E-state index contributed by atoms with van der Waals surface area (Å²) in [6.45, 7) is 0.675. The number of esters is 1. The molecule has 0 aromatic heterocycles. The molecule has 18 heavy (non-hydrogen) atoms. The van der Waals surface area contributed by atoms with Gasteiger partial charge in [-0.05, 0) is 43.0 Å². The number of nitrogens with one attached hydrogen (secondary N) is 1. The van der Waals surface area contributed by atoms with Crippen molar-refractivity contribution in [1.29, 1.82) is 0 Å². The van der Waals surface area contributed by atoms with Crippen molar-refractivity contribution in [3.05, 3.63) is 35.4 Å². The van der Waals surface area contributed by atoms with E-state index in [0.717, 1.165) is 12.0 Å². The number of piperidine rings is 1. The second-order valence-electron chi connectivity index (χ2n) is 4.26. The molecule has 0 bridgehead atoms. The largest absolute Gasteiger partial charge is 0.465 e. The van der Waals surface area contributed by atoms with Crippen LogP contribution in [-0.4, -0.2) is 25.9 Å². The third kappa shape index (κ3) is 3.43. The number of benzene rings is 1. The van der Waals surface area contributed by atoms with Gasteiger partial charge in [0.2, 0.25) is 0 Å². The van der Waals surface area contributed by atoms with E-state index in [4.69, 9.17) is 0 Å². The van der Waals surface area contributed by atoms with Gasteiger partial charge in [0.25, 0.3) is 0 Å². The van der Waals surface area contributed by atoms with Gasteiger partial charge >= 0.3 is 5.97 Å². The molecule has 1 N–H and O–H groups in total. The van der Waals surface area contributed by atoms with E-state index in [0.29, 0.717) is 18.5 Å². The highest BCUT2D eigenvalue weighted by Gasteiger charge is 2.22. The summed E-state index contributed by atoms with van der Waals surface area (Å²) in [5.41, 5.74) is 1.54. The fourth-order valence-electron chi connectivity index (χ4n) is 2.21. The molecule has 0 amide bonds. The zero-order valence-electron chi connectivity index (χ0n) is 10.2. The number of alkyl halides is 1. The van der Waals surface area contributed by atoms with Gasteiger partial charge in [0, 0.05) is 0 Å². The lowest BCUT2D eigenvalue weighted by atomic mass is 9.89. The average Bonchev–Trinajstić information content (AvgIpc) is 2.38. The SMILES string of the molecule is COC(=O)c1cccc(C2CCNC(F)C2)c1.Cl. The second-order valence-corrected chi connectivity index (χ2v) is 4.26. The zero-order valence-corrected chi connectivity index (χ0v) is 11.0. The Hall–Kier alpha value is -1.13. The quantitative estimate of drug-likeness (QED) is 0.665. The van der Waals surface area contributed by atoms with Crippen LogP contribution in [0.5, 0.6) is 0 Å². The summed E-state index contributed by atoms with van der Waals surface area (Å²) in [6.07, 6.45) is 0.408. The standard InChI is InChI=1S/C13H16FNO2.ClH/c1-17-13(16)11-4-2-3-9(7-11)10-5-6-15-12(14)8-10;/h2-4,7,10,12,15H,5-6,8H2,1H3;1H. The summed E-state index contributed by atoms with van der Waals surface area (Å²) >= 11 is 0. The maximum absolute atomic E-state index is 13.2. The highest BCUT2D eigenvalue weighted by Crippen LogP contribution is 2.28. The first-order chi connectivity index (χ1) is 8.20. The molecule has 2 unspecified atom stereocenters. The average molecular weight is 274 g/mol. The number of ether oxygens (including phenoxy) is 1. The van der Waals surface area contributed by atoms with Crippen molar-refractivity contribution in [3.8, 4) is 0 Å². The van der Waals surface area contributed by atoms with Gasteiger partial charge in [0.15, 0.2) is 6.30 Å². The molecular formula is C13H17ClFNO2. The molecule has 1 heterocycles. The molecule has 1 aliphatic rings. The highest BCUT2D eigenvalue weighted by molar-refractivity contribution is 5.89. The highest BCUT2D eigenvalue weighted by atomic mass is 35.5. The van der Waals surface area contributed by atoms with Crippen molar-refractivity contribution in [3.63, 3.8) is 0 Å². The smallest absolute Gasteiger partial charge is 0.337 e. The fourth-order valence-corrected chi connectivity index (χ4v) is 2.21. The van der Waals surface area contributed by atoms with Crippen LogP contribution in [0, 0.1) is 0 Å². The Kier molecular flexibility index (Phi) is 5.56. The summed E-state index contributed by atoms with van der Waals surface area (Å²) < 4.78 is 17.9. The number of carbonyl (C=O) groups is 1. The van der Waals surface area contributed by atoms with Gasteiger partial charge < -0.3 is 4.74 Å². The number of hydrogen-bond acceptors (Lipinski definition) is 3. The van der Waals surface area contributed by atoms with E-state index in [-0.39, 0.29) is 24.3 Å². The molecule has 2 atom stereocenters. The Labute approximate surface area is 112 Å². The lowest BCUT2D eigenvalue weighted by Crippen LogP contribution is -2.33. The molecule has 1 saturated heterocycles. The molecule has 1 aromatic carbocycles. The summed E-state index contributed by atoms with van der Waals surface area (Å²) in [5.74, 6) is -0.173. The van der Waals surface area contributed by atoms with Crippen LogP contribution < -0.4 is 5.32 Å². The van der Waals surface area contributed by atoms with Crippen molar-refractivity contribution < 1.29 is 13.9 Å². The first-order valence-corrected chi connectivity index (χ1v) is 5.76. The van der Waals surface area contributed by atoms with Crippen molar-refractivity contribution >= 4 is 18.4 Å². The van der Waals surface area contributed by atoms with E-state index >= 15 is 0 Å². The molecule has 0 radical (unpaired) electrons. The van der Waals surface area contributed by atoms with Crippen molar-refractivity contribution in [2.45, 2.75) is 25.1 Å². The van der Waals surface area contributed by atoms with E-state index in [2.05, 4.69) is 10.1 Å². The van der Waals surface area contributed by atoms with E-state index in [1.165, 1.54) is 7.11 Å². The zero-order chi connectivity index (χ0) is 12.3. The summed E-state index contributed by atoms with van der Waals surface area (Å²) in [6, 6.07) is 7.27. The molecule has 1 aromatic rings. The van der Waals surface area contributed by atoms with E-state index in [1.807, 2.05) is 12.1 Å². The topological polar surface area (TPSA) is 38.3 Å². The van der Waals surface area contributed by atoms with Gasteiger partial charge in [-0.3, -0.25) is 5.32 Å². The van der Waals surface area contributed by atoms with Crippen LogP contribution in [0.2, 0.25) is 0 Å². The number of carbonyl (C=O) groups excluding carboxylic acids is 1. The lowest BCUT2D eigenvalue weighted by molar-refractivity contribution is 0.0600. The predicted octanol–water partition coefficient (Wildman–Crippen LogP) is 2.66. The first kappa shape index (κ1) is 14.9. The minimum absolute atomic E-state index is 0. The molecule has 1 fully saturated rings. The molecule has 5 heteroatoms. The van der Waals surface area contributed by atoms with Gasteiger partial charge in [-0.25, -0.2) is 9.18 Å². The van der Waals surface area contributed by atoms with Crippen LogP contribution in [0.3, 0.4) is 0 Å². The van der Waals surface area contributed by atoms with Crippen LogP contribution in [0.15, 0.2) is 24.3 Å². The molecule has 100 valence electrons. The summed E-state index contributed by atoms with van der Waals surface area (Å²) in [5, 5.41) is 2.77. The van der Waals surface area contributed by atoms with Gasteiger partial charge in [-0.2, -0.15) is 0 Å². The molecule has 3 nitrogen and oxygen atoms in total. The summed E-state index contributed by atoms with van der Waals surface area (Å²) in [7, 11) is 1.36. The minimum atomic E-state index is -0.949. The van der Waals surface area contributed by atoms with Crippen molar-refractivity contribution in [1.82, 2.24) is 5.32 Å². The molecule has 0 spiro atoms. The molecule has 1 aliphatic heterocycles. The van der Waals surface area contributed by atoms with Crippen LogP contribution in [0.25, 0.3) is 0 Å². The van der Waals surface area contributed by atoms with Crippen LogP contribution in [0.1, 0.15) is 34.7 Å². The van der Waals surface area contributed by atoms with Gasteiger partial charge in [-0.15, -0.1) is 12.4 Å². The Balaban J connectivity index is 0.00000162. The van der Waals surface area contributed by atoms with Crippen molar-refractivity contribution in [2.24, 2.45) is 0 Å². The van der Waals surface area contributed by atoms with E-state index < -0.39 is 6.30 Å². The Morgan fingerprint density at radius 3 is 2.94 bits per heavy atom. The predicted molar refractivity (Wildman–Crippen MR) is 69.9 cm³/mol. The van der Waals surface area contributed by atoms with Gasteiger partial charge in [-0.1, -0.05) is 12.1 Å². The molecule has 2 rings (SSSR count). The van der Waals surface area contributed by atoms with Crippen LogP contribution >= 0.6 is 12.4 Å². The number of rotatable bonds is 2. The maximum Gasteiger partial charge on any atom is 0.337 e.